The summed E-state index contributed by atoms with van der Waals surface area (Å²) >= 11 is 5.87. The van der Waals surface area contributed by atoms with Crippen molar-refractivity contribution in [1.82, 2.24) is 9.97 Å². The van der Waals surface area contributed by atoms with Crippen molar-refractivity contribution in [3.05, 3.63) is 53.6 Å². The van der Waals surface area contributed by atoms with Crippen LogP contribution in [0.15, 0.2) is 42.7 Å². The second-order valence-electron chi connectivity index (χ2n) is 6.06. The van der Waals surface area contributed by atoms with Crippen LogP contribution in [0, 0.1) is 5.82 Å². The third-order valence-electron chi connectivity index (χ3n) is 4.27. The van der Waals surface area contributed by atoms with Gasteiger partial charge in [0.1, 0.15) is 29.8 Å². The third kappa shape index (κ3) is 3.57. The van der Waals surface area contributed by atoms with Gasteiger partial charge in [-0.05, 0) is 30.3 Å². The summed E-state index contributed by atoms with van der Waals surface area (Å²) < 4.78 is 25.0. The summed E-state index contributed by atoms with van der Waals surface area (Å²) in [5.41, 5.74) is 1.40. The maximum absolute atomic E-state index is 13.4. The number of ether oxygens (including phenoxy) is 2. The summed E-state index contributed by atoms with van der Waals surface area (Å²) in [4.78, 5) is 8.67. The summed E-state index contributed by atoms with van der Waals surface area (Å²) in [7, 11) is 0. The number of anilines is 2. The van der Waals surface area contributed by atoms with E-state index in [1.165, 1.54) is 18.5 Å². The maximum atomic E-state index is 13.4. The molecule has 3 aromatic rings. The van der Waals surface area contributed by atoms with E-state index >= 15 is 0 Å². The number of rotatable bonds is 4. The lowest BCUT2D eigenvalue weighted by molar-refractivity contribution is 0.0262. The molecule has 2 aromatic carbocycles. The molecule has 0 aliphatic carbocycles. The minimum absolute atomic E-state index is 0.0482. The number of hydrogen-bond acceptors (Lipinski definition) is 5. The smallest absolute Gasteiger partial charge is 0.145 e. The van der Waals surface area contributed by atoms with Crippen LogP contribution in [-0.4, -0.2) is 29.3 Å². The van der Waals surface area contributed by atoms with E-state index in [-0.39, 0.29) is 11.1 Å². The zero-order valence-corrected chi connectivity index (χ0v) is 14.7. The van der Waals surface area contributed by atoms with Crippen molar-refractivity contribution >= 4 is 34.0 Å². The molecule has 0 saturated carbocycles. The Morgan fingerprint density at radius 2 is 2.00 bits per heavy atom. The van der Waals surface area contributed by atoms with E-state index in [0.717, 1.165) is 23.7 Å². The van der Waals surface area contributed by atoms with Gasteiger partial charge in [0.15, 0.2) is 0 Å². The van der Waals surface area contributed by atoms with Crippen LogP contribution in [0.25, 0.3) is 10.9 Å². The molecule has 4 rings (SSSR count). The van der Waals surface area contributed by atoms with Crippen molar-refractivity contribution in [2.24, 2.45) is 0 Å². The Kier molecular flexibility index (Phi) is 4.86. The van der Waals surface area contributed by atoms with Gasteiger partial charge in [0.2, 0.25) is 0 Å². The third-order valence-corrected chi connectivity index (χ3v) is 4.56. The molecule has 0 amide bonds. The lowest BCUT2D eigenvalue weighted by atomic mass is 10.1. The molecule has 1 saturated heterocycles. The molecule has 2 heterocycles. The summed E-state index contributed by atoms with van der Waals surface area (Å²) in [6, 6.07) is 10.2. The van der Waals surface area contributed by atoms with Crippen LogP contribution in [-0.2, 0) is 4.74 Å². The lowest BCUT2D eigenvalue weighted by Crippen LogP contribution is -2.26. The monoisotopic (exact) mass is 373 g/mol. The highest BCUT2D eigenvalue weighted by Gasteiger charge is 2.18. The number of fused-ring (bicyclic) bond motifs is 1. The molecule has 0 radical (unpaired) electrons. The number of nitrogens with zero attached hydrogens (tertiary/aromatic N) is 2. The van der Waals surface area contributed by atoms with Crippen LogP contribution in [0.4, 0.5) is 15.9 Å². The van der Waals surface area contributed by atoms with Crippen molar-refractivity contribution in [1.29, 1.82) is 0 Å². The van der Waals surface area contributed by atoms with E-state index < -0.39 is 5.82 Å². The first kappa shape index (κ1) is 17.0. The van der Waals surface area contributed by atoms with Crippen LogP contribution in [0.1, 0.15) is 12.8 Å². The van der Waals surface area contributed by atoms with Crippen molar-refractivity contribution < 1.29 is 13.9 Å². The summed E-state index contributed by atoms with van der Waals surface area (Å²) in [6.07, 6.45) is 3.28. The molecular formula is C19H17ClFN3O2. The number of aromatic nitrogens is 2. The molecule has 134 valence electrons. The van der Waals surface area contributed by atoms with Gasteiger partial charge in [-0.2, -0.15) is 0 Å². The van der Waals surface area contributed by atoms with Crippen LogP contribution >= 0.6 is 11.6 Å². The number of hydrogen-bond donors (Lipinski definition) is 1. The normalized spacial score (nSPS) is 15.2. The molecule has 1 aliphatic heterocycles. The van der Waals surface area contributed by atoms with Crippen molar-refractivity contribution in [2.45, 2.75) is 18.9 Å². The van der Waals surface area contributed by atoms with Gasteiger partial charge >= 0.3 is 0 Å². The van der Waals surface area contributed by atoms with Crippen molar-refractivity contribution in [3.63, 3.8) is 0 Å². The molecule has 0 bridgehead atoms. The summed E-state index contributed by atoms with van der Waals surface area (Å²) in [6.45, 7) is 1.40. The SMILES string of the molecule is Fc1ccc(Nc2ncnc3cccc(OC4CCOCC4)c23)cc1Cl. The van der Waals surface area contributed by atoms with Gasteiger partial charge in [0.05, 0.1) is 29.1 Å². The van der Waals surface area contributed by atoms with Crippen molar-refractivity contribution in [3.8, 4) is 5.75 Å². The molecule has 7 heteroatoms. The molecule has 1 fully saturated rings. The first-order valence-electron chi connectivity index (χ1n) is 8.41. The molecule has 26 heavy (non-hydrogen) atoms. The van der Waals surface area contributed by atoms with Crippen LogP contribution in [0.3, 0.4) is 0 Å². The average molecular weight is 374 g/mol. The number of halogens is 2. The second kappa shape index (κ2) is 7.43. The van der Waals surface area contributed by atoms with E-state index in [1.54, 1.807) is 6.07 Å². The highest BCUT2D eigenvalue weighted by molar-refractivity contribution is 6.31. The fraction of sp³-hybridized carbons (Fsp3) is 0.263. The average Bonchev–Trinajstić information content (AvgIpc) is 2.66. The fourth-order valence-corrected chi connectivity index (χ4v) is 3.14. The van der Waals surface area contributed by atoms with Gasteiger partial charge in [-0.15, -0.1) is 0 Å². The molecular weight excluding hydrogens is 357 g/mol. The first-order chi connectivity index (χ1) is 12.7. The quantitative estimate of drug-likeness (QED) is 0.716. The molecule has 0 atom stereocenters. The molecule has 1 aliphatic rings. The number of nitrogens with one attached hydrogen (secondary N) is 1. The van der Waals surface area contributed by atoms with Crippen LogP contribution < -0.4 is 10.1 Å². The number of benzene rings is 2. The van der Waals surface area contributed by atoms with Gasteiger partial charge in [0, 0.05) is 18.5 Å². The predicted molar refractivity (Wildman–Crippen MR) is 98.7 cm³/mol. The molecule has 1 N–H and O–H groups in total. The van der Waals surface area contributed by atoms with E-state index in [1.807, 2.05) is 18.2 Å². The second-order valence-corrected chi connectivity index (χ2v) is 6.46. The molecule has 0 unspecified atom stereocenters. The van der Waals surface area contributed by atoms with Crippen LogP contribution in [0.2, 0.25) is 5.02 Å². The van der Waals surface area contributed by atoms with Gasteiger partial charge in [0.25, 0.3) is 0 Å². The van der Waals surface area contributed by atoms with E-state index in [2.05, 4.69) is 15.3 Å². The zero-order valence-electron chi connectivity index (χ0n) is 13.9. The largest absolute Gasteiger partial charge is 0.489 e. The Hall–Kier alpha value is -2.44. The predicted octanol–water partition coefficient (Wildman–Crippen LogP) is 4.72. The Labute approximate surface area is 155 Å². The highest BCUT2D eigenvalue weighted by Crippen LogP contribution is 2.33. The Morgan fingerprint density at radius 1 is 1.15 bits per heavy atom. The molecule has 0 spiro atoms. The Balaban J connectivity index is 1.70. The maximum Gasteiger partial charge on any atom is 0.145 e. The van der Waals surface area contributed by atoms with Gasteiger partial charge in [-0.1, -0.05) is 17.7 Å². The zero-order chi connectivity index (χ0) is 17.9. The first-order valence-corrected chi connectivity index (χ1v) is 8.79. The van der Waals surface area contributed by atoms with E-state index in [9.17, 15) is 4.39 Å². The van der Waals surface area contributed by atoms with Gasteiger partial charge in [-0.3, -0.25) is 0 Å². The molecule has 1 aromatic heterocycles. The summed E-state index contributed by atoms with van der Waals surface area (Å²) in [5.74, 6) is 0.833. The Morgan fingerprint density at radius 3 is 2.81 bits per heavy atom. The Bertz CT molecular complexity index is 927. The minimum Gasteiger partial charge on any atom is -0.489 e. The van der Waals surface area contributed by atoms with E-state index in [0.29, 0.717) is 30.5 Å². The standard InChI is InChI=1S/C19H17ClFN3O2/c20-14-10-12(4-5-15(14)21)24-19-18-16(22-11-23-19)2-1-3-17(18)26-13-6-8-25-9-7-13/h1-5,10-11,13H,6-9H2,(H,22,23,24). The minimum atomic E-state index is -0.465. The van der Waals surface area contributed by atoms with Gasteiger partial charge in [-0.25, -0.2) is 14.4 Å². The highest BCUT2D eigenvalue weighted by atomic mass is 35.5. The lowest BCUT2D eigenvalue weighted by Gasteiger charge is -2.24. The van der Waals surface area contributed by atoms with Crippen molar-refractivity contribution in [2.75, 3.05) is 18.5 Å². The van der Waals surface area contributed by atoms with E-state index in [4.69, 9.17) is 21.1 Å². The summed E-state index contributed by atoms with van der Waals surface area (Å²) in [5, 5.41) is 4.01. The van der Waals surface area contributed by atoms with Crippen LogP contribution in [0.5, 0.6) is 5.75 Å². The molecule has 5 nitrogen and oxygen atoms in total. The topological polar surface area (TPSA) is 56.3 Å². The van der Waals surface area contributed by atoms with Gasteiger partial charge < -0.3 is 14.8 Å². The fourth-order valence-electron chi connectivity index (χ4n) is 2.96.